The van der Waals surface area contributed by atoms with Crippen LogP contribution in [0.5, 0.6) is 0 Å². The highest BCUT2D eigenvalue weighted by Gasteiger charge is 2.18. The molecular formula is C11H17FN2O3S. The average Bonchev–Trinajstić information content (AvgIpc) is 2.31. The van der Waals surface area contributed by atoms with Gasteiger partial charge < -0.3 is 10.8 Å². The van der Waals surface area contributed by atoms with E-state index in [-0.39, 0.29) is 17.1 Å². The minimum absolute atomic E-state index is 0.0139. The van der Waals surface area contributed by atoms with Crippen LogP contribution in [0, 0.1) is 5.82 Å². The number of nitrogens with one attached hydrogen (secondary N) is 1. The third-order valence-electron chi connectivity index (χ3n) is 2.51. The first kappa shape index (κ1) is 14.9. The number of aliphatic hydroxyl groups excluding tert-OH is 1. The van der Waals surface area contributed by atoms with E-state index in [2.05, 4.69) is 4.72 Å². The number of hydrogen-bond donors (Lipinski definition) is 3. The summed E-state index contributed by atoms with van der Waals surface area (Å²) in [5.41, 5.74) is 5.48. The van der Waals surface area contributed by atoms with Gasteiger partial charge in [-0.3, -0.25) is 0 Å². The molecule has 0 fully saturated rings. The molecule has 1 aromatic carbocycles. The molecule has 0 saturated heterocycles. The summed E-state index contributed by atoms with van der Waals surface area (Å²) in [6.07, 6.45) is 0.284. The number of anilines is 1. The van der Waals surface area contributed by atoms with Crippen molar-refractivity contribution in [2.75, 3.05) is 12.3 Å². The van der Waals surface area contributed by atoms with Crippen molar-refractivity contribution in [2.45, 2.75) is 30.8 Å². The van der Waals surface area contributed by atoms with Crippen molar-refractivity contribution in [3.8, 4) is 0 Å². The van der Waals surface area contributed by atoms with E-state index in [1.54, 1.807) is 6.92 Å². The highest BCUT2D eigenvalue weighted by atomic mass is 32.2. The van der Waals surface area contributed by atoms with Crippen molar-refractivity contribution in [2.24, 2.45) is 0 Å². The Kier molecular flexibility index (Phi) is 5.06. The van der Waals surface area contributed by atoms with Gasteiger partial charge in [-0.25, -0.2) is 17.5 Å². The van der Waals surface area contributed by atoms with Crippen molar-refractivity contribution >= 4 is 15.7 Å². The van der Waals surface area contributed by atoms with E-state index in [1.807, 2.05) is 0 Å². The van der Waals surface area contributed by atoms with Gasteiger partial charge in [-0.2, -0.15) is 0 Å². The molecule has 0 aliphatic heterocycles. The van der Waals surface area contributed by atoms with Crippen LogP contribution in [-0.2, 0) is 10.0 Å². The predicted octanol–water partition coefficient (Wildman–Crippen LogP) is 0.847. The van der Waals surface area contributed by atoms with Crippen LogP contribution in [0.15, 0.2) is 23.1 Å². The molecule has 102 valence electrons. The summed E-state index contributed by atoms with van der Waals surface area (Å²) in [5, 5.41) is 9.30. The van der Waals surface area contributed by atoms with Crippen molar-refractivity contribution in [1.29, 1.82) is 0 Å². The van der Waals surface area contributed by atoms with E-state index in [0.29, 0.717) is 12.8 Å². The molecule has 1 atom stereocenters. The van der Waals surface area contributed by atoms with Gasteiger partial charge in [0.05, 0.1) is 11.8 Å². The zero-order valence-electron chi connectivity index (χ0n) is 10.1. The van der Waals surface area contributed by atoms with Gasteiger partial charge in [0.25, 0.3) is 0 Å². The molecule has 0 radical (unpaired) electrons. The molecule has 0 heterocycles. The molecule has 4 N–H and O–H groups in total. The first-order valence-electron chi connectivity index (χ1n) is 5.59. The Bertz CT molecular complexity index is 505. The van der Waals surface area contributed by atoms with Gasteiger partial charge in [0, 0.05) is 6.54 Å². The zero-order chi connectivity index (χ0) is 13.8. The maximum atomic E-state index is 13.0. The zero-order valence-corrected chi connectivity index (χ0v) is 10.9. The highest BCUT2D eigenvalue weighted by molar-refractivity contribution is 7.89. The molecule has 7 heteroatoms. The predicted molar refractivity (Wildman–Crippen MR) is 66.9 cm³/mol. The summed E-state index contributed by atoms with van der Waals surface area (Å²) in [4.78, 5) is -0.284. The van der Waals surface area contributed by atoms with E-state index >= 15 is 0 Å². The van der Waals surface area contributed by atoms with Gasteiger partial charge in [0.15, 0.2) is 0 Å². The van der Waals surface area contributed by atoms with Crippen LogP contribution in [0.2, 0.25) is 0 Å². The fourth-order valence-corrected chi connectivity index (χ4v) is 2.57. The summed E-state index contributed by atoms with van der Waals surface area (Å²) >= 11 is 0. The molecule has 1 aromatic rings. The van der Waals surface area contributed by atoms with Gasteiger partial charge in [-0.1, -0.05) is 6.92 Å². The second-order valence-electron chi connectivity index (χ2n) is 3.93. The Labute approximate surface area is 106 Å². The lowest BCUT2D eigenvalue weighted by molar-refractivity contribution is 0.162. The van der Waals surface area contributed by atoms with Crippen molar-refractivity contribution in [3.05, 3.63) is 24.0 Å². The molecule has 0 aliphatic carbocycles. The van der Waals surface area contributed by atoms with Gasteiger partial charge in [-0.05, 0) is 31.0 Å². The largest absolute Gasteiger partial charge is 0.398 e. The van der Waals surface area contributed by atoms with Crippen LogP contribution in [0.4, 0.5) is 10.1 Å². The number of aliphatic hydroxyl groups is 1. The van der Waals surface area contributed by atoms with Gasteiger partial charge in [0.2, 0.25) is 10.0 Å². The molecular weight excluding hydrogens is 259 g/mol. The van der Waals surface area contributed by atoms with Crippen molar-refractivity contribution in [3.63, 3.8) is 0 Å². The maximum Gasteiger partial charge on any atom is 0.242 e. The molecule has 0 amide bonds. The van der Waals surface area contributed by atoms with Crippen LogP contribution in [0.3, 0.4) is 0 Å². The number of rotatable bonds is 6. The molecule has 0 aliphatic rings. The Balaban J connectivity index is 2.77. The quantitative estimate of drug-likeness (QED) is 0.671. The van der Waals surface area contributed by atoms with E-state index in [4.69, 9.17) is 5.73 Å². The SMILES string of the molecule is CCC(O)CCNS(=O)(=O)c1cc(F)ccc1N. The number of benzene rings is 1. The van der Waals surface area contributed by atoms with Gasteiger partial charge >= 0.3 is 0 Å². The van der Waals surface area contributed by atoms with Gasteiger partial charge in [-0.15, -0.1) is 0 Å². The molecule has 5 nitrogen and oxygen atoms in total. The Morgan fingerprint density at radius 1 is 1.50 bits per heavy atom. The van der Waals surface area contributed by atoms with E-state index < -0.39 is 21.9 Å². The highest BCUT2D eigenvalue weighted by Crippen LogP contribution is 2.18. The lowest BCUT2D eigenvalue weighted by Crippen LogP contribution is -2.28. The van der Waals surface area contributed by atoms with Crippen LogP contribution >= 0.6 is 0 Å². The number of halogens is 1. The Morgan fingerprint density at radius 2 is 2.17 bits per heavy atom. The lowest BCUT2D eigenvalue weighted by atomic mass is 10.2. The van der Waals surface area contributed by atoms with Crippen LogP contribution in [0.25, 0.3) is 0 Å². The van der Waals surface area contributed by atoms with E-state index in [1.165, 1.54) is 6.07 Å². The van der Waals surface area contributed by atoms with Crippen LogP contribution in [0.1, 0.15) is 19.8 Å². The maximum absolute atomic E-state index is 13.0. The van der Waals surface area contributed by atoms with E-state index in [9.17, 15) is 17.9 Å². The average molecular weight is 276 g/mol. The smallest absolute Gasteiger partial charge is 0.242 e. The number of nitrogens with two attached hydrogens (primary N) is 1. The fraction of sp³-hybridized carbons (Fsp3) is 0.455. The number of sulfonamides is 1. The molecule has 0 spiro atoms. The molecule has 0 saturated carbocycles. The van der Waals surface area contributed by atoms with Gasteiger partial charge in [0.1, 0.15) is 10.7 Å². The summed E-state index contributed by atoms with van der Waals surface area (Å²) in [5.74, 6) is -0.668. The van der Waals surface area contributed by atoms with Crippen molar-refractivity contribution < 1.29 is 17.9 Å². The Morgan fingerprint density at radius 3 is 2.78 bits per heavy atom. The number of hydrogen-bond acceptors (Lipinski definition) is 4. The fourth-order valence-electron chi connectivity index (χ4n) is 1.38. The molecule has 0 bridgehead atoms. The molecule has 0 aromatic heterocycles. The third kappa shape index (κ3) is 3.94. The van der Waals surface area contributed by atoms with Crippen LogP contribution < -0.4 is 10.5 Å². The number of nitrogen functional groups attached to an aromatic ring is 1. The molecule has 1 rings (SSSR count). The summed E-state index contributed by atoms with van der Waals surface area (Å²) < 4.78 is 38.9. The molecule has 18 heavy (non-hydrogen) atoms. The summed E-state index contributed by atoms with van der Waals surface area (Å²) in [6, 6.07) is 3.16. The minimum atomic E-state index is -3.84. The summed E-state index contributed by atoms with van der Waals surface area (Å²) in [7, 11) is -3.84. The topological polar surface area (TPSA) is 92.4 Å². The summed E-state index contributed by atoms with van der Waals surface area (Å²) in [6.45, 7) is 1.87. The second kappa shape index (κ2) is 6.12. The van der Waals surface area contributed by atoms with Crippen LogP contribution in [-0.4, -0.2) is 26.2 Å². The Hall–Kier alpha value is -1.18. The first-order chi connectivity index (χ1) is 8.36. The van der Waals surface area contributed by atoms with E-state index in [0.717, 1.165) is 12.1 Å². The monoisotopic (exact) mass is 276 g/mol. The third-order valence-corrected chi connectivity index (χ3v) is 4.02. The lowest BCUT2D eigenvalue weighted by Gasteiger charge is -2.11. The molecule has 1 unspecified atom stereocenters. The normalized spacial score (nSPS) is 13.5. The second-order valence-corrected chi connectivity index (χ2v) is 5.67. The first-order valence-corrected chi connectivity index (χ1v) is 7.08. The van der Waals surface area contributed by atoms with Crippen molar-refractivity contribution in [1.82, 2.24) is 4.72 Å². The standard InChI is InChI=1S/C11H17FN2O3S/c1-2-9(15)5-6-14-18(16,17)11-7-8(12)3-4-10(11)13/h3-4,7,9,14-15H,2,5-6,13H2,1H3. The minimum Gasteiger partial charge on any atom is -0.398 e.